The van der Waals surface area contributed by atoms with Gasteiger partial charge in [0.15, 0.2) is 5.82 Å². The number of fused-ring (bicyclic) bond motifs is 1. The first kappa shape index (κ1) is 24.2. The summed E-state index contributed by atoms with van der Waals surface area (Å²) in [7, 11) is -1.11. The summed E-state index contributed by atoms with van der Waals surface area (Å²) in [5.41, 5.74) is 0.911. The Labute approximate surface area is 204 Å². The number of aromatic nitrogens is 2. The summed E-state index contributed by atoms with van der Waals surface area (Å²) in [4.78, 5) is 28.0. The molecule has 33 heavy (non-hydrogen) atoms. The van der Waals surface area contributed by atoms with Gasteiger partial charge in [-0.25, -0.2) is 19.2 Å². The highest BCUT2D eigenvalue weighted by Crippen LogP contribution is 2.60. The van der Waals surface area contributed by atoms with E-state index in [0.717, 1.165) is 42.7 Å². The fourth-order valence-electron chi connectivity index (χ4n) is 4.62. The third kappa shape index (κ3) is 3.88. The van der Waals surface area contributed by atoms with Gasteiger partial charge in [0.05, 0.1) is 38.3 Å². The van der Waals surface area contributed by atoms with Crippen LogP contribution in [0.15, 0.2) is 12.1 Å². The minimum atomic E-state index is -1.11. The van der Waals surface area contributed by atoms with Crippen molar-refractivity contribution in [1.29, 1.82) is 0 Å². The summed E-state index contributed by atoms with van der Waals surface area (Å²) in [5.74, 6) is -0.144. The number of rotatable bonds is 4. The van der Waals surface area contributed by atoms with Crippen LogP contribution in [0, 0.1) is 5.82 Å². The molecule has 2 aliphatic rings. The maximum absolute atomic E-state index is 13.5. The molecule has 2 heterocycles. The Bertz CT molecular complexity index is 1120. The minimum Gasteiger partial charge on any atom is -0.309 e. The SMILES string of the molecule is CC1(C)c2[nH]nc(NC(=O)C3(S(C)(C)C)CCC3)c2CN1C(=O)Nc1c(Cl)cc(F)cc1Cl. The third-order valence-electron chi connectivity index (χ3n) is 6.93. The van der Waals surface area contributed by atoms with Gasteiger partial charge in [-0.1, -0.05) is 23.2 Å². The lowest BCUT2D eigenvalue weighted by atomic mass is 9.83. The Morgan fingerprint density at radius 3 is 2.27 bits per heavy atom. The predicted molar refractivity (Wildman–Crippen MR) is 133 cm³/mol. The molecule has 2 aromatic rings. The van der Waals surface area contributed by atoms with Crippen LogP contribution in [0.4, 0.5) is 20.7 Å². The molecule has 180 valence electrons. The molecule has 11 heteroatoms. The van der Waals surface area contributed by atoms with Crippen molar-refractivity contribution in [2.45, 2.75) is 49.9 Å². The standard InChI is InChI=1S/C22H28Cl2FN5O2S/c1-21(2)17-13(11-30(21)20(32)26-16-14(23)9-12(25)10-15(16)24)18(29-28-17)27-19(31)22(7-6-8-22)33(3,4)5/h9-10H,6-8,11H2,1-5H3,(H,26,32)(H2,27,28,29,31). The van der Waals surface area contributed by atoms with Gasteiger partial charge in [0.1, 0.15) is 5.82 Å². The van der Waals surface area contributed by atoms with Crippen molar-refractivity contribution in [3.05, 3.63) is 39.3 Å². The van der Waals surface area contributed by atoms with E-state index in [9.17, 15) is 14.0 Å². The average molecular weight is 516 g/mol. The molecule has 3 N–H and O–H groups in total. The van der Waals surface area contributed by atoms with Gasteiger partial charge in [-0.3, -0.25) is 9.89 Å². The van der Waals surface area contributed by atoms with Crippen molar-refractivity contribution < 1.29 is 14.0 Å². The second-order valence-electron chi connectivity index (χ2n) is 9.88. The van der Waals surface area contributed by atoms with Crippen LogP contribution in [0.1, 0.15) is 44.4 Å². The largest absolute Gasteiger partial charge is 0.323 e. The van der Waals surface area contributed by atoms with E-state index in [1.54, 1.807) is 4.90 Å². The molecule has 1 aromatic carbocycles. The first-order valence-electron chi connectivity index (χ1n) is 10.6. The fourth-order valence-corrected chi connectivity index (χ4v) is 7.29. The van der Waals surface area contributed by atoms with Gasteiger partial charge in [0, 0.05) is 5.56 Å². The number of benzene rings is 1. The van der Waals surface area contributed by atoms with Crippen LogP contribution in [0.3, 0.4) is 0 Å². The van der Waals surface area contributed by atoms with Crippen molar-refractivity contribution >= 4 is 56.7 Å². The normalized spacial score (nSPS) is 19.0. The molecule has 7 nitrogen and oxygen atoms in total. The maximum atomic E-state index is 13.5. The number of hydrogen-bond acceptors (Lipinski definition) is 3. The van der Waals surface area contributed by atoms with E-state index in [2.05, 4.69) is 39.6 Å². The van der Waals surface area contributed by atoms with E-state index >= 15 is 0 Å². The number of urea groups is 1. The Morgan fingerprint density at radius 1 is 1.15 bits per heavy atom. The summed E-state index contributed by atoms with van der Waals surface area (Å²) in [6, 6.07) is 1.73. The number of aromatic amines is 1. The number of hydrogen-bond donors (Lipinski definition) is 3. The Hall–Kier alpha value is -1.97. The van der Waals surface area contributed by atoms with Crippen LogP contribution in [0.5, 0.6) is 0 Å². The molecule has 3 amide bonds. The van der Waals surface area contributed by atoms with Crippen LogP contribution in [0.25, 0.3) is 0 Å². The Kier molecular flexibility index (Phi) is 5.90. The molecule has 1 fully saturated rings. The number of H-pyrrole nitrogens is 1. The molecule has 0 saturated heterocycles. The van der Waals surface area contributed by atoms with Gasteiger partial charge in [-0.05, 0) is 64.0 Å². The summed E-state index contributed by atoms with van der Waals surface area (Å²) in [6.45, 7) is 3.98. The Morgan fingerprint density at radius 2 is 1.76 bits per heavy atom. The predicted octanol–water partition coefficient (Wildman–Crippen LogP) is 5.69. The van der Waals surface area contributed by atoms with E-state index in [0.29, 0.717) is 5.82 Å². The van der Waals surface area contributed by atoms with Crippen LogP contribution in [0.2, 0.25) is 10.0 Å². The summed E-state index contributed by atoms with van der Waals surface area (Å²) >= 11 is 12.2. The van der Waals surface area contributed by atoms with E-state index in [1.807, 2.05) is 13.8 Å². The molecular weight excluding hydrogens is 488 g/mol. The quantitative estimate of drug-likeness (QED) is 0.488. The highest BCUT2D eigenvalue weighted by molar-refractivity contribution is 8.33. The second kappa shape index (κ2) is 8.06. The van der Waals surface area contributed by atoms with Crippen molar-refractivity contribution in [1.82, 2.24) is 15.1 Å². The van der Waals surface area contributed by atoms with Crippen molar-refractivity contribution in [3.63, 3.8) is 0 Å². The molecule has 1 aliphatic carbocycles. The molecule has 0 bridgehead atoms. The summed E-state index contributed by atoms with van der Waals surface area (Å²) in [5, 5.41) is 13.1. The number of carbonyl (C=O) groups is 2. The van der Waals surface area contributed by atoms with E-state index in [1.165, 1.54) is 0 Å². The zero-order valence-electron chi connectivity index (χ0n) is 19.2. The molecule has 1 aliphatic heterocycles. The first-order chi connectivity index (χ1) is 15.3. The van der Waals surface area contributed by atoms with Gasteiger partial charge >= 0.3 is 6.03 Å². The number of carbonyl (C=O) groups excluding carboxylic acids is 2. The van der Waals surface area contributed by atoms with E-state index in [-0.39, 0.29) is 32.9 Å². The van der Waals surface area contributed by atoms with E-state index in [4.69, 9.17) is 23.2 Å². The molecule has 0 spiro atoms. The van der Waals surface area contributed by atoms with Crippen LogP contribution < -0.4 is 10.6 Å². The highest BCUT2D eigenvalue weighted by Gasteiger charge is 2.51. The van der Waals surface area contributed by atoms with Gasteiger partial charge in [0.2, 0.25) is 5.91 Å². The zero-order valence-corrected chi connectivity index (χ0v) is 21.6. The maximum Gasteiger partial charge on any atom is 0.323 e. The summed E-state index contributed by atoms with van der Waals surface area (Å²) in [6.07, 6.45) is 9.31. The van der Waals surface area contributed by atoms with Crippen LogP contribution in [-0.4, -0.2) is 50.5 Å². The molecular formula is C22H28Cl2FN5O2S. The van der Waals surface area contributed by atoms with Crippen molar-refractivity contribution in [2.75, 3.05) is 29.4 Å². The number of nitrogens with one attached hydrogen (secondary N) is 3. The molecule has 1 aromatic heterocycles. The minimum absolute atomic E-state index is 0.00358. The molecule has 4 rings (SSSR count). The van der Waals surface area contributed by atoms with Gasteiger partial charge in [-0.15, -0.1) is 0 Å². The number of anilines is 2. The van der Waals surface area contributed by atoms with Crippen molar-refractivity contribution in [2.24, 2.45) is 0 Å². The molecule has 0 atom stereocenters. The fraction of sp³-hybridized carbons (Fsp3) is 0.500. The lowest BCUT2D eigenvalue weighted by Crippen LogP contribution is -2.51. The first-order valence-corrected chi connectivity index (χ1v) is 14.2. The zero-order chi connectivity index (χ0) is 24.3. The van der Waals surface area contributed by atoms with Crippen LogP contribution in [-0.2, 0) is 16.9 Å². The number of halogens is 3. The van der Waals surface area contributed by atoms with Crippen molar-refractivity contribution in [3.8, 4) is 0 Å². The topological polar surface area (TPSA) is 90.1 Å². The number of nitrogens with zero attached hydrogens (tertiary/aromatic N) is 2. The van der Waals surface area contributed by atoms with E-state index < -0.39 is 27.4 Å². The Balaban J connectivity index is 1.56. The smallest absolute Gasteiger partial charge is 0.309 e. The van der Waals surface area contributed by atoms with Gasteiger partial charge < -0.3 is 15.5 Å². The highest BCUT2D eigenvalue weighted by atomic mass is 35.5. The van der Waals surface area contributed by atoms with Gasteiger partial charge in [0.25, 0.3) is 0 Å². The molecule has 0 unspecified atom stereocenters. The number of amides is 3. The van der Waals surface area contributed by atoms with Gasteiger partial charge in [-0.2, -0.15) is 5.10 Å². The summed E-state index contributed by atoms with van der Waals surface area (Å²) < 4.78 is 13.2. The molecule has 0 radical (unpaired) electrons. The average Bonchev–Trinajstić information content (AvgIpc) is 3.14. The monoisotopic (exact) mass is 515 g/mol. The second-order valence-corrected chi connectivity index (χ2v) is 15.2. The molecule has 1 saturated carbocycles. The lowest BCUT2D eigenvalue weighted by Gasteiger charge is -2.53. The third-order valence-corrected chi connectivity index (χ3v) is 10.5. The lowest BCUT2D eigenvalue weighted by molar-refractivity contribution is -0.120. The van der Waals surface area contributed by atoms with Crippen LogP contribution >= 0.6 is 33.2 Å².